The lowest BCUT2D eigenvalue weighted by atomic mass is 10.2. The van der Waals surface area contributed by atoms with Crippen molar-refractivity contribution < 1.29 is 9.47 Å². The van der Waals surface area contributed by atoms with Crippen LogP contribution in [0.25, 0.3) is 11.4 Å². The molecule has 4 rings (SSSR count). The van der Waals surface area contributed by atoms with Gasteiger partial charge >= 0.3 is 0 Å². The van der Waals surface area contributed by atoms with Crippen molar-refractivity contribution in [3.8, 4) is 22.9 Å². The number of ether oxygens (including phenoxy) is 2. The maximum Gasteiger partial charge on any atom is 0.167 e. The molecule has 1 aliphatic rings. The molecule has 0 atom stereocenters. The van der Waals surface area contributed by atoms with Crippen molar-refractivity contribution in [2.75, 3.05) is 13.2 Å². The summed E-state index contributed by atoms with van der Waals surface area (Å²) in [4.78, 5) is 0. The van der Waals surface area contributed by atoms with E-state index in [0.717, 1.165) is 41.7 Å². The zero-order valence-electron chi connectivity index (χ0n) is 14.8. The zero-order valence-corrected chi connectivity index (χ0v) is 14.8. The lowest BCUT2D eigenvalue weighted by Gasteiger charge is -2.13. The largest absolute Gasteiger partial charge is 0.490 e. The first-order valence-corrected chi connectivity index (χ1v) is 9.24. The third kappa shape index (κ3) is 3.72. The highest BCUT2D eigenvalue weighted by atomic mass is 16.5. The van der Waals surface area contributed by atoms with Crippen molar-refractivity contribution in [3.63, 3.8) is 0 Å². The second-order valence-electron chi connectivity index (χ2n) is 6.41. The molecule has 5 heteroatoms. The third-order valence-corrected chi connectivity index (χ3v) is 4.59. The summed E-state index contributed by atoms with van der Waals surface area (Å²) in [5.41, 5.74) is 0.993. The molecular formula is C21H23N3O2. The Hall–Kier alpha value is -2.82. The highest BCUT2D eigenvalue weighted by molar-refractivity contribution is 5.64. The Balaban J connectivity index is 1.46. The van der Waals surface area contributed by atoms with E-state index in [4.69, 9.17) is 9.47 Å². The van der Waals surface area contributed by atoms with Crippen LogP contribution in [-0.2, 0) is 13.0 Å². The molecule has 1 aromatic heterocycles. The van der Waals surface area contributed by atoms with Crippen LogP contribution in [0.1, 0.15) is 25.1 Å². The Morgan fingerprint density at radius 1 is 0.808 bits per heavy atom. The van der Waals surface area contributed by atoms with Crippen molar-refractivity contribution in [1.82, 2.24) is 14.8 Å². The van der Waals surface area contributed by atoms with Crippen molar-refractivity contribution in [3.05, 3.63) is 60.4 Å². The molecule has 0 unspecified atom stereocenters. The van der Waals surface area contributed by atoms with Crippen molar-refractivity contribution in [2.24, 2.45) is 0 Å². The van der Waals surface area contributed by atoms with Crippen LogP contribution in [-0.4, -0.2) is 28.0 Å². The van der Waals surface area contributed by atoms with E-state index >= 15 is 0 Å². The van der Waals surface area contributed by atoms with Crippen LogP contribution in [0.3, 0.4) is 0 Å². The number of aryl methyl sites for hydroxylation is 1. The van der Waals surface area contributed by atoms with Gasteiger partial charge < -0.3 is 14.0 Å². The van der Waals surface area contributed by atoms with Crippen LogP contribution >= 0.6 is 0 Å². The van der Waals surface area contributed by atoms with Gasteiger partial charge in [-0.05, 0) is 37.1 Å². The van der Waals surface area contributed by atoms with E-state index in [1.165, 1.54) is 19.3 Å². The molecule has 0 aliphatic carbocycles. The summed E-state index contributed by atoms with van der Waals surface area (Å²) < 4.78 is 14.0. The molecule has 0 spiro atoms. The molecule has 26 heavy (non-hydrogen) atoms. The summed E-state index contributed by atoms with van der Waals surface area (Å²) in [6, 6.07) is 17.8. The molecule has 0 amide bonds. The fraction of sp³-hybridized carbons (Fsp3) is 0.333. The number of aromatic nitrogens is 3. The summed E-state index contributed by atoms with van der Waals surface area (Å²) in [7, 11) is 0. The molecule has 3 aromatic rings. The smallest absolute Gasteiger partial charge is 0.167 e. The summed E-state index contributed by atoms with van der Waals surface area (Å²) in [6.45, 7) is 1.95. The third-order valence-electron chi connectivity index (χ3n) is 4.59. The normalized spacial score (nSPS) is 13.7. The van der Waals surface area contributed by atoms with Gasteiger partial charge in [0.15, 0.2) is 5.82 Å². The summed E-state index contributed by atoms with van der Waals surface area (Å²) in [5.74, 6) is 3.66. The SMILES string of the molecule is c1ccc(OCCOc2ccccc2-c2nnc3n2CCCCC3)cc1. The first kappa shape index (κ1) is 16.6. The van der Waals surface area contributed by atoms with Gasteiger partial charge in [0.1, 0.15) is 30.5 Å². The van der Waals surface area contributed by atoms with E-state index < -0.39 is 0 Å². The molecule has 0 bridgehead atoms. The van der Waals surface area contributed by atoms with Gasteiger partial charge in [0.25, 0.3) is 0 Å². The Morgan fingerprint density at radius 3 is 2.54 bits per heavy atom. The molecule has 5 nitrogen and oxygen atoms in total. The quantitative estimate of drug-likeness (QED) is 0.628. The summed E-state index contributed by atoms with van der Waals surface area (Å²) in [5, 5.41) is 8.85. The minimum atomic E-state index is 0.479. The number of para-hydroxylation sites is 2. The van der Waals surface area contributed by atoms with Crippen LogP contribution in [0, 0.1) is 0 Å². The predicted molar refractivity (Wildman–Crippen MR) is 100 cm³/mol. The fourth-order valence-electron chi connectivity index (χ4n) is 3.29. The standard InChI is InChI=1S/C21H23N3O2/c1-3-9-17(10-4-1)25-15-16-26-19-12-7-6-11-18(19)21-23-22-20-13-5-2-8-14-24(20)21/h1,3-4,6-7,9-12H,2,5,8,13-16H2. The maximum absolute atomic E-state index is 6.00. The number of fused-ring (bicyclic) bond motifs is 1. The van der Waals surface area contributed by atoms with Gasteiger partial charge in [-0.15, -0.1) is 10.2 Å². The molecule has 0 radical (unpaired) electrons. The molecule has 2 aromatic carbocycles. The van der Waals surface area contributed by atoms with Crippen molar-refractivity contribution in [1.29, 1.82) is 0 Å². The van der Waals surface area contributed by atoms with Crippen molar-refractivity contribution in [2.45, 2.75) is 32.2 Å². The monoisotopic (exact) mass is 349 g/mol. The molecule has 0 fully saturated rings. The number of nitrogens with zero attached hydrogens (tertiary/aromatic N) is 3. The number of rotatable bonds is 6. The van der Waals surface area contributed by atoms with Crippen molar-refractivity contribution >= 4 is 0 Å². The fourth-order valence-corrected chi connectivity index (χ4v) is 3.29. The minimum Gasteiger partial charge on any atom is -0.490 e. The molecule has 1 aliphatic heterocycles. The average molecular weight is 349 g/mol. The van der Waals surface area contributed by atoms with E-state index in [1.807, 2.05) is 48.5 Å². The Morgan fingerprint density at radius 2 is 1.62 bits per heavy atom. The Labute approximate surface area is 153 Å². The van der Waals surface area contributed by atoms with Gasteiger partial charge in [0.05, 0.1) is 5.56 Å². The Kier molecular flexibility index (Phi) is 5.14. The lowest BCUT2D eigenvalue weighted by molar-refractivity contribution is 0.217. The number of hydrogen-bond acceptors (Lipinski definition) is 4. The average Bonchev–Trinajstić information content (AvgIpc) is 2.94. The highest BCUT2D eigenvalue weighted by Crippen LogP contribution is 2.30. The lowest BCUT2D eigenvalue weighted by Crippen LogP contribution is -2.10. The van der Waals surface area contributed by atoms with E-state index in [9.17, 15) is 0 Å². The topological polar surface area (TPSA) is 49.2 Å². The first-order valence-electron chi connectivity index (χ1n) is 9.24. The first-order chi connectivity index (χ1) is 12.9. The molecule has 0 saturated heterocycles. The molecule has 2 heterocycles. The van der Waals surface area contributed by atoms with Gasteiger partial charge in [-0.25, -0.2) is 0 Å². The van der Waals surface area contributed by atoms with Gasteiger partial charge in [-0.2, -0.15) is 0 Å². The van der Waals surface area contributed by atoms with Crippen LogP contribution in [0.5, 0.6) is 11.5 Å². The van der Waals surface area contributed by atoms with Gasteiger partial charge in [0.2, 0.25) is 0 Å². The van der Waals surface area contributed by atoms with E-state index in [-0.39, 0.29) is 0 Å². The maximum atomic E-state index is 6.00. The minimum absolute atomic E-state index is 0.479. The number of benzene rings is 2. The van der Waals surface area contributed by atoms with E-state index in [0.29, 0.717) is 13.2 Å². The molecule has 0 N–H and O–H groups in total. The zero-order chi connectivity index (χ0) is 17.6. The van der Waals surface area contributed by atoms with Crippen LogP contribution in [0.2, 0.25) is 0 Å². The molecular weight excluding hydrogens is 326 g/mol. The highest BCUT2D eigenvalue weighted by Gasteiger charge is 2.18. The van der Waals surface area contributed by atoms with Crippen LogP contribution in [0.4, 0.5) is 0 Å². The molecule has 0 saturated carbocycles. The van der Waals surface area contributed by atoms with Gasteiger partial charge in [-0.3, -0.25) is 0 Å². The second kappa shape index (κ2) is 8.04. The summed E-state index contributed by atoms with van der Waals surface area (Å²) in [6.07, 6.45) is 4.61. The van der Waals surface area contributed by atoms with Crippen LogP contribution < -0.4 is 9.47 Å². The van der Waals surface area contributed by atoms with Crippen LogP contribution in [0.15, 0.2) is 54.6 Å². The van der Waals surface area contributed by atoms with E-state index in [2.05, 4.69) is 20.8 Å². The predicted octanol–water partition coefficient (Wildman–Crippen LogP) is 4.13. The summed E-state index contributed by atoms with van der Waals surface area (Å²) >= 11 is 0. The van der Waals surface area contributed by atoms with Gasteiger partial charge in [-0.1, -0.05) is 36.8 Å². The van der Waals surface area contributed by atoms with Gasteiger partial charge in [0, 0.05) is 13.0 Å². The second-order valence-corrected chi connectivity index (χ2v) is 6.41. The molecule has 134 valence electrons. The number of hydrogen-bond donors (Lipinski definition) is 0. The van der Waals surface area contributed by atoms with E-state index in [1.54, 1.807) is 0 Å². The Bertz CT molecular complexity index is 845.